The molecule has 1 aliphatic heterocycles. The summed E-state index contributed by atoms with van der Waals surface area (Å²) in [6.07, 6.45) is 11.8. The molecule has 0 atom stereocenters. The zero-order valence-corrected chi connectivity index (χ0v) is 26.7. The van der Waals surface area contributed by atoms with Crippen molar-refractivity contribution in [3.63, 3.8) is 0 Å². The molecular weight excluding hydrogens is 595 g/mol. The van der Waals surface area contributed by atoms with Crippen LogP contribution in [0, 0.1) is 13.8 Å². The summed E-state index contributed by atoms with van der Waals surface area (Å²) in [7, 11) is 3.49. The molecule has 4 heterocycles. The zero-order chi connectivity index (χ0) is 30.8. The molecule has 226 valence electrons. The molecular formula is C32H34ClN8O2P. The van der Waals surface area contributed by atoms with Crippen LogP contribution in [0.25, 0.3) is 11.1 Å². The number of hydrogen-bond acceptors (Lipinski definition) is 8. The van der Waals surface area contributed by atoms with Gasteiger partial charge in [0.05, 0.1) is 36.2 Å². The summed E-state index contributed by atoms with van der Waals surface area (Å²) in [5.74, 6) is 1.39. The van der Waals surface area contributed by atoms with Gasteiger partial charge in [0.2, 0.25) is 5.95 Å². The Morgan fingerprint density at radius 2 is 1.82 bits per heavy atom. The number of benzene rings is 2. The van der Waals surface area contributed by atoms with Crippen molar-refractivity contribution in [1.29, 1.82) is 0 Å². The molecule has 0 aliphatic carbocycles. The van der Waals surface area contributed by atoms with Crippen LogP contribution in [0.1, 0.15) is 30.0 Å². The number of nitrogens with zero attached hydrogens (tertiary/aromatic N) is 6. The van der Waals surface area contributed by atoms with Crippen LogP contribution in [0.5, 0.6) is 5.75 Å². The average molecular weight is 629 g/mol. The van der Waals surface area contributed by atoms with Crippen molar-refractivity contribution in [3.8, 4) is 16.9 Å². The third kappa shape index (κ3) is 6.00. The lowest BCUT2D eigenvalue weighted by molar-refractivity contribution is 0.396. The summed E-state index contributed by atoms with van der Waals surface area (Å²) in [5.41, 5.74) is 6.48. The largest absolute Gasteiger partial charge is 0.494 e. The SMILES string of the molecule is COc1cc(N2CCC(n3cccc3)CC2)c(-c2cnn(C)c2)cc1Nc1ncc(Cl)c(Nc2ccc(C)c(C)c2P=O)n1. The number of halogens is 1. The Bertz CT molecular complexity index is 1800. The maximum absolute atomic E-state index is 12.0. The summed E-state index contributed by atoms with van der Waals surface area (Å²) in [6, 6.07) is 12.6. The van der Waals surface area contributed by atoms with Crippen molar-refractivity contribution in [2.75, 3.05) is 35.7 Å². The van der Waals surface area contributed by atoms with E-state index in [1.165, 1.54) is 6.20 Å². The number of rotatable bonds is 9. The molecule has 1 aliphatic rings. The van der Waals surface area contributed by atoms with Crippen LogP contribution < -0.4 is 25.6 Å². The number of ether oxygens (including phenoxy) is 1. The van der Waals surface area contributed by atoms with Gasteiger partial charge in [0.25, 0.3) is 0 Å². The maximum Gasteiger partial charge on any atom is 0.229 e. The van der Waals surface area contributed by atoms with E-state index in [0.717, 1.165) is 53.9 Å². The van der Waals surface area contributed by atoms with E-state index in [9.17, 15) is 4.57 Å². The minimum atomic E-state index is -0.0874. The molecule has 0 unspecified atom stereocenters. The Morgan fingerprint density at radius 1 is 1.05 bits per heavy atom. The van der Waals surface area contributed by atoms with Gasteiger partial charge in [-0.1, -0.05) is 17.7 Å². The Kier molecular flexibility index (Phi) is 8.55. The Morgan fingerprint density at radius 3 is 2.50 bits per heavy atom. The van der Waals surface area contributed by atoms with E-state index in [-0.39, 0.29) is 8.46 Å². The van der Waals surface area contributed by atoms with Gasteiger partial charge in [0.1, 0.15) is 10.8 Å². The molecule has 0 bridgehead atoms. The molecule has 10 nitrogen and oxygen atoms in total. The molecule has 1 fully saturated rings. The van der Waals surface area contributed by atoms with Crippen LogP contribution in [0.2, 0.25) is 5.02 Å². The number of aryl methyl sites for hydroxylation is 2. The molecule has 3 aromatic heterocycles. The summed E-state index contributed by atoms with van der Waals surface area (Å²) in [5, 5.41) is 12.0. The van der Waals surface area contributed by atoms with Crippen molar-refractivity contribution >= 4 is 54.2 Å². The first kappa shape index (κ1) is 29.7. The fourth-order valence-corrected chi connectivity index (χ4v) is 6.35. The number of piperidine rings is 1. The number of methoxy groups -OCH3 is 1. The monoisotopic (exact) mass is 628 g/mol. The number of aromatic nitrogens is 5. The topological polar surface area (TPSA) is 102 Å². The highest BCUT2D eigenvalue weighted by molar-refractivity contribution is 7.34. The van der Waals surface area contributed by atoms with Crippen molar-refractivity contribution < 1.29 is 9.30 Å². The first-order valence-corrected chi connectivity index (χ1v) is 15.6. The summed E-state index contributed by atoms with van der Waals surface area (Å²) < 4.78 is 22.0. The summed E-state index contributed by atoms with van der Waals surface area (Å²) in [6.45, 7) is 5.77. The third-order valence-corrected chi connectivity index (χ3v) is 9.26. The lowest BCUT2D eigenvalue weighted by Crippen LogP contribution is -2.34. The van der Waals surface area contributed by atoms with Gasteiger partial charge in [-0.2, -0.15) is 10.1 Å². The van der Waals surface area contributed by atoms with E-state index in [1.807, 2.05) is 45.4 Å². The van der Waals surface area contributed by atoms with E-state index in [4.69, 9.17) is 16.3 Å². The lowest BCUT2D eigenvalue weighted by atomic mass is 10.00. The van der Waals surface area contributed by atoms with Gasteiger partial charge in [-0.15, -0.1) is 0 Å². The highest BCUT2D eigenvalue weighted by atomic mass is 35.5. The van der Waals surface area contributed by atoms with Gasteiger partial charge < -0.3 is 24.8 Å². The molecule has 12 heteroatoms. The molecule has 2 aromatic carbocycles. The first-order chi connectivity index (χ1) is 21.3. The lowest BCUT2D eigenvalue weighted by Gasteiger charge is -2.35. The molecule has 44 heavy (non-hydrogen) atoms. The van der Waals surface area contributed by atoms with E-state index >= 15 is 0 Å². The van der Waals surface area contributed by atoms with Crippen LogP contribution in [0.3, 0.4) is 0 Å². The Balaban J connectivity index is 1.32. The maximum atomic E-state index is 12.0. The molecule has 2 N–H and O–H groups in total. The zero-order valence-electron chi connectivity index (χ0n) is 25.1. The van der Waals surface area contributed by atoms with Crippen LogP contribution in [0.15, 0.2) is 67.4 Å². The Labute approximate surface area is 263 Å². The van der Waals surface area contributed by atoms with E-state index in [2.05, 4.69) is 71.8 Å². The smallest absolute Gasteiger partial charge is 0.229 e. The average Bonchev–Trinajstić information content (AvgIpc) is 3.73. The highest BCUT2D eigenvalue weighted by Gasteiger charge is 2.25. The molecule has 0 radical (unpaired) electrons. The normalized spacial score (nSPS) is 13.8. The minimum absolute atomic E-state index is 0.0874. The van der Waals surface area contributed by atoms with Crippen molar-refractivity contribution in [2.24, 2.45) is 7.05 Å². The van der Waals surface area contributed by atoms with Gasteiger partial charge in [-0.25, -0.2) is 4.98 Å². The minimum Gasteiger partial charge on any atom is -0.494 e. The van der Waals surface area contributed by atoms with Crippen molar-refractivity contribution in [2.45, 2.75) is 32.7 Å². The highest BCUT2D eigenvalue weighted by Crippen LogP contribution is 2.42. The molecule has 1 saturated heterocycles. The fourth-order valence-electron chi connectivity index (χ4n) is 5.67. The number of anilines is 5. The van der Waals surface area contributed by atoms with Gasteiger partial charge in [0.15, 0.2) is 14.3 Å². The summed E-state index contributed by atoms with van der Waals surface area (Å²) >= 11 is 6.49. The van der Waals surface area contributed by atoms with E-state index in [0.29, 0.717) is 45.3 Å². The second kappa shape index (κ2) is 12.7. The number of hydrogen-bond donors (Lipinski definition) is 2. The molecule has 0 spiro atoms. The van der Waals surface area contributed by atoms with E-state index < -0.39 is 0 Å². The fraction of sp³-hybridized carbons (Fsp3) is 0.281. The van der Waals surface area contributed by atoms with Gasteiger partial charge in [0, 0.05) is 67.7 Å². The third-order valence-electron chi connectivity index (χ3n) is 8.22. The van der Waals surface area contributed by atoms with Gasteiger partial charge in [-0.05, 0) is 62.1 Å². The predicted octanol–water partition coefficient (Wildman–Crippen LogP) is 7.20. The molecule has 5 aromatic rings. The summed E-state index contributed by atoms with van der Waals surface area (Å²) in [4.78, 5) is 11.5. The second-order valence-corrected chi connectivity index (χ2v) is 12.0. The van der Waals surface area contributed by atoms with Gasteiger partial charge in [-0.3, -0.25) is 9.25 Å². The second-order valence-electron chi connectivity index (χ2n) is 11.0. The molecule has 0 saturated carbocycles. The van der Waals surface area contributed by atoms with Crippen molar-refractivity contribution in [3.05, 3.63) is 83.5 Å². The van der Waals surface area contributed by atoms with E-state index in [1.54, 1.807) is 11.8 Å². The predicted molar refractivity (Wildman–Crippen MR) is 177 cm³/mol. The van der Waals surface area contributed by atoms with Crippen LogP contribution in [0.4, 0.5) is 28.8 Å². The van der Waals surface area contributed by atoms with Crippen LogP contribution >= 0.6 is 20.1 Å². The van der Waals surface area contributed by atoms with Crippen LogP contribution in [-0.2, 0) is 11.6 Å². The van der Waals surface area contributed by atoms with Crippen molar-refractivity contribution in [1.82, 2.24) is 24.3 Å². The quantitative estimate of drug-likeness (QED) is 0.165. The van der Waals surface area contributed by atoms with Gasteiger partial charge >= 0.3 is 0 Å². The Hall–Kier alpha value is -4.40. The molecule has 6 rings (SSSR count). The molecule has 0 amide bonds. The van der Waals surface area contributed by atoms with Crippen LogP contribution in [-0.4, -0.2) is 44.5 Å². The first-order valence-electron chi connectivity index (χ1n) is 14.4. The standard InChI is InChI=1S/C32H34ClN8O2P/c1-20-7-8-26(30(44-42)21(20)2)36-31-25(33)18-34-32(38-31)37-27-15-24(22-17-35-39(3)19-22)28(16-29(27)43-4)41-13-9-23(10-14-41)40-11-5-6-12-40/h5-8,11-12,15-19,23H,9-10,13-14H2,1-4H3,(H2,34,36,37,38). The number of nitrogens with one attached hydrogen (secondary N) is 2.